The van der Waals surface area contributed by atoms with Gasteiger partial charge in [-0.05, 0) is 59.9 Å². The minimum absolute atomic E-state index is 0.0108. The predicted molar refractivity (Wildman–Crippen MR) is 157 cm³/mol. The average molecular weight is 542 g/mol. The van der Waals surface area contributed by atoms with E-state index in [1.807, 2.05) is 12.3 Å². The van der Waals surface area contributed by atoms with Crippen molar-refractivity contribution in [1.29, 1.82) is 10.5 Å². The Balaban J connectivity index is 1.60. The largest absolute Gasteiger partial charge is 0.399 e. The Morgan fingerprint density at radius 1 is 1.28 bits per heavy atom. The Kier molecular flexibility index (Phi) is 7.37. The molecule has 0 radical (unpaired) electrons. The summed E-state index contributed by atoms with van der Waals surface area (Å²) in [6, 6.07) is 8.29. The van der Waals surface area contributed by atoms with E-state index >= 15 is 0 Å². The lowest BCUT2D eigenvalue weighted by Crippen LogP contribution is -2.31. The molecule has 1 aliphatic carbocycles. The first-order valence-corrected chi connectivity index (χ1v) is 14.1. The summed E-state index contributed by atoms with van der Waals surface area (Å²) in [5.41, 5.74) is 12.6. The van der Waals surface area contributed by atoms with Crippen molar-refractivity contribution in [3.8, 4) is 12.1 Å². The molecule has 1 atom stereocenters. The molecule has 1 fully saturated rings. The van der Waals surface area contributed by atoms with Gasteiger partial charge in [0.25, 0.3) is 0 Å². The van der Waals surface area contributed by atoms with Crippen LogP contribution in [0.15, 0.2) is 35.6 Å². The summed E-state index contributed by atoms with van der Waals surface area (Å²) in [4.78, 5) is 5.79. The van der Waals surface area contributed by atoms with Gasteiger partial charge in [0.15, 0.2) is 0 Å². The molecular formula is C29H35N9S. The first kappa shape index (κ1) is 26.8. The van der Waals surface area contributed by atoms with Crippen LogP contribution in [0.3, 0.4) is 0 Å². The van der Waals surface area contributed by atoms with E-state index in [1.54, 1.807) is 22.4 Å². The van der Waals surface area contributed by atoms with Crippen molar-refractivity contribution in [2.75, 3.05) is 23.7 Å². The van der Waals surface area contributed by atoms with Gasteiger partial charge in [0.05, 0.1) is 34.1 Å². The lowest BCUT2D eigenvalue weighted by molar-refractivity contribution is 0.378. The van der Waals surface area contributed by atoms with Crippen molar-refractivity contribution in [3.05, 3.63) is 62.7 Å². The molecule has 5 rings (SSSR count). The highest BCUT2D eigenvalue weighted by Crippen LogP contribution is 2.37. The zero-order valence-corrected chi connectivity index (χ0v) is 23.5. The first-order chi connectivity index (χ1) is 18.7. The number of fused-ring (bicyclic) bond motifs is 2. The number of nitriles is 2. The fourth-order valence-corrected chi connectivity index (χ4v) is 5.95. The van der Waals surface area contributed by atoms with Crippen molar-refractivity contribution in [2.24, 2.45) is 17.0 Å². The molecule has 3 aromatic rings. The summed E-state index contributed by atoms with van der Waals surface area (Å²) < 4.78 is 0. The normalized spacial score (nSPS) is 16.2. The second-order valence-corrected chi connectivity index (χ2v) is 12.5. The molecule has 0 bridgehead atoms. The molecule has 7 N–H and O–H groups in total. The van der Waals surface area contributed by atoms with Crippen molar-refractivity contribution in [2.45, 2.75) is 58.7 Å². The van der Waals surface area contributed by atoms with E-state index in [9.17, 15) is 10.5 Å². The van der Waals surface area contributed by atoms with E-state index in [-0.39, 0.29) is 11.5 Å². The first-order valence-electron chi connectivity index (χ1n) is 13.3. The van der Waals surface area contributed by atoms with E-state index < -0.39 is 0 Å². The zero-order chi connectivity index (χ0) is 27.7. The smallest absolute Gasteiger partial charge is 0.103 e. The molecule has 10 heteroatoms. The lowest BCUT2D eigenvalue weighted by Gasteiger charge is -2.26. The number of hydrogen-bond acceptors (Lipinski definition) is 10. The predicted octanol–water partition coefficient (Wildman–Crippen LogP) is 4.43. The van der Waals surface area contributed by atoms with Gasteiger partial charge in [-0.1, -0.05) is 20.8 Å². The molecule has 1 saturated carbocycles. The van der Waals surface area contributed by atoms with Crippen LogP contribution >= 0.6 is 11.3 Å². The van der Waals surface area contributed by atoms with Crippen molar-refractivity contribution >= 4 is 33.6 Å². The van der Waals surface area contributed by atoms with Gasteiger partial charge in [-0.3, -0.25) is 4.98 Å². The maximum Gasteiger partial charge on any atom is 0.103 e. The molecule has 202 valence electrons. The van der Waals surface area contributed by atoms with Gasteiger partial charge < -0.3 is 26.7 Å². The minimum atomic E-state index is -0.338. The third-order valence-corrected chi connectivity index (χ3v) is 8.13. The SMILES string of the molecule is CC(C)(C)CNc1c(C#N)cnc2c(C#N)cc(NC(/C(N)=C/N(N)C3CC3)c3csc4c3CCNC4)cc12. The Hall–Kier alpha value is -3.83. The number of hydrogen-bond donors (Lipinski definition) is 5. The number of aromatic nitrogens is 1. The standard InChI is InChI=1S/C29H35N9S/c1-29(2,3)16-36-27-18(11-31)12-35-26-17(10-30)8-19(9-22(26)27)37-28(24(32)14-38(33)20-4-5-20)23-15-39-25-13-34-7-6-21(23)25/h8-9,12,14-15,20,28,34,37H,4-7,13,16,32-33H2,1-3H3,(H,35,36)/b24-14-. The number of pyridine rings is 1. The fraction of sp³-hybridized carbons (Fsp3) is 0.414. The minimum Gasteiger partial charge on any atom is -0.399 e. The zero-order valence-electron chi connectivity index (χ0n) is 22.6. The number of rotatable bonds is 8. The second kappa shape index (κ2) is 10.7. The van der Waals surface area contributed by atoms with Crippen LogP contribution in [0.4, 0.5) is 11.4 Å². The Morgan fingerprint density at radius 2 is 2.05 bits per heavy atom. The highest BCUT2D eigenvalue weighted by Gasteiger charge is 2.28. The molecule has 39 heavy (non-hydrogen) atoms. The Morgan fingerprint density at radius 3 is 2.74 bits per heavy atom. The maximum atomic E-state index is 10.0. The molecule has 9 nitrogen and oxygen atoms in total. The summed E-state index contributed by atoms with van der Waals surface area (Å²) >= 11 is 1.73. The van der Waals surface area contributed by atoms with Crippen LogP contribution in [0.25, 0.3) is 10.9 Å². The van der Waals surface area contributed by atoms with E-state index in [0.29, 0.717) is 40.6 Å². The molecule has 2 aliphatic rings. The lowest BCUT2D eigenvalue weighted by atomic mass is 9.95. The fourth-order valence-electron chi connectivity index (χ4n) is 4.86. The van der Waals surface area contributed by atoms with Crippen LogP contribution in [0.2, 0.25) is 0 Å². The Bertz CT molecular complexity index is 1500. The Labute approximate surface area is 233 Å². The monoisotopic (exact) mass is 541 g/mol. The molecule has 1 aromatic carbocycles. The van der Waals surface area contributed by atoms with Gasteiger partial charge >= 0.3 is 0 Å². The van der Waals surface area contributed by atoms with Crippen LogP contribution in [0.5, 0.6) is 0 Å². The van der Waals surface area contributed by atoms with E-state index in [1.165, 1.54) is 16.6 Å². The van der Waals surface area contributed by atoms with E-state index in [4.69, 9.17) is 11.6 Å². The number of nitrogens with one attached hydrogen (secondary N) is 3. The van der Waals surface area contributed by atoms with Crippen LogP contribution in [0.1, 0.15) is 66.8 Å². The van der Waals surface area contributed by atoms with Crippen LogP contribution in [-0.4, -0.2) is 29.1 Å². The van der Waals surface area contributed by atoms with Crippen molar-refractivity contribution < 1.29 is 0 Å². The molecule has 2 aromatic heterocycles. The number of nitrogens with two attached hydrogens (primary N) is 2. The van der Waals surface area contributed by atoms with Crippen LogP contribution in [0, 0.1) is 28.1 Å². The van der Waals surface area contributed by atoms with Crippen LogP contribution in [-0.2, 0) is 13.0 Å². The maximum absolute atomic E-state index is 10.0. The van der Waals surface area contributed by atoms with E-state index in [0.717, 1.165) is 49.0 Å². The van der Waals surface area contributed by atoms with E-state index in [2.05, 4.69) is 59.2 Å². The van der Waals surface area contributed by atoms with Gasteiger partial charge in [0.2, 0.25) is 0 Å². The molecule has 0 amide bonds. The van der Waals surface area contributed by atoms with Gasteiger partial charge in [-0.2, -0.15) is 10.5 Å². The molecular weight excluding hydrogens is 506 g/mol. The molecule has 0 spiro atoms. The topological polar surface area (TPSA) is 152 Å². The van der Waals surface area contributed by atoms with Crippen molar-refractivity contribution in [3.63, 3.8) is 0 Å². The summed E-state index contributed by atoms with van der Waals surface area (Å²) in [6.45, 7) is 8.80. The number of benzene rings is 1. The highest BCUT2D eigenvalue weighted by molar-refractivity contribution is 7.10. The van der Waals surface area contributed by atoms with Crippen molar-refractivity contribution in [1.82, 2.24) is 15.3 Å². The summed E-state index contributed by atoms with van der Waals surface area (Å²) in [5.74, 6) is 6.29. The summed E-state index contributed by atoms with van der Waals surface area (Å²) in [7, 11) is 0. The van der Waals surface area contributed by atoms with Gasteiger partial charge in [-0.15, -0.1) is 11.3 Å². The third kappa shape index (κ3) is 5.79. The second-order valence-electron chi connectivity index (χ2n) is 11.5. The molecule has 3 heterocycles. The number of hydrazine groups is 1. The molecule has 0 saturated heterocycles. The van der Waals surface area contributed by atoms with Gasteiger partial charge in [-0.25, -0.2) is 5.84 Å². The molecule has 1 unspecified atom stereocenters. The highest BCUT2D eigenvalue weighted by atomic mass is 32.1. The molecule has 1 aliphatic heterocycles. The number of thiophene rings is 1. The summed E-state index contributed by atoms with van der Waals surface area (Å²) in [6.07, 6.45) is 6.41. The van der Waals surface area contributed by atoms with Gasteiger partial charge in [0, 0.05) is 47.5 Å². The average Bonchev–Trinajstić information content (AvgIpc) is 3.69. The quantitative estimate of drug-likeness (QED) is 0.206. The number of anilines is 2. The number of nitrogens with zero attached hydrogens (tertiary/aromatic N) is 4. The van der Waals surface area contributed by atoms with Crippen LogP contribution < -0.4 is 27.5 Å². The van der Waals surface area contributed by atoms with Gasteiger partial charge in [0.1, 0.15) is 12.1 Å². The summed E-state index contributed by atoms with van der Waals surface area (Å²) in [5, 5.41) is 35.0. The third-order valence-electron chi connectivity index (χ3n) is 7.08.